The summed E-state index contributed by atoms with van der Waals surface area (Å²) in [4.78, 5) is 51.3. The van der Waals surface area contributed by atoms with E-state index in [0.717, 1.165) is 0 Å². The molecule has 0 saturated carbocycles. The van der Waals surface area contributed by atoms with Gasteiger partial charge in [-0.3, -0.25) is 0 Å². The van der Waals surface area contributed by atoms with E-state index in [1.165, 1.54) is 6.92 Å². The summed E-state index contributed by atoms with van der Waals surface area (Å²) >= 11 is 0. The molecular formula is C2H13O9P3. The molecule has 0 heterocycles. The Hall–Kier alpha value is 0.770. The summed E-state index contributed by atoms with van der Waals surface area (Å²) in [6, 6.07) is 0. The van der Waals surface area contributed by atoms with Crippen LogP contribution in [0.4, 0.5) is 0 Å². The Morgan fingerprint density at radius 3 is 1.93 bits per heavy atom. The van der Waals surface area contributed by atoms with Gasteiger partial charge in [0.15, 0.2) is 0 Å². The van der Waals surface area contributed by atoms with Crippen LogP contribution in [-0.2, 0) is 13.2 Å². The first kappa shape index (κ1) is 14.8. The van der Waals surface area contributed by atoms with Crippen molar-refractivity contribution in [3.63, 3.8) is 0 Å². The normalized spacial score (nSPS) is 20.2. The van der Waals surface area contributed by atoms with Crippen LogP contribution >= 0.6 is 23.9 Å². The standard InChI is InChI=1S/C2H13O9P3/c1-2-12(3,4)10-14(8,9)11-13(5,6)7/h5-9,13-14H,2H2,1H3,(H,3,4). The number of hydrogen-bond acceptors (Lipinski definition) is 8. The van der Waals surface area contributed by atoms with Crippen LogP contribution < -0.4 is 0 Å². The van der Waals surface area contributed by atoms with E-state index in [0.29, 0.717) is 0 Å². The van der Waals surface area contributed by atoms with Gasteiger partial charge in [-0.05, 0) is 0 Å². The maximum absolute atomic E-state index is 10.8. The Morgan fingerprint density at radius 1 is 1.21 bits per heavy atom. The molecule has 1 atom stereocenters. The number of hydrogen-bond donors (Lipinski definition) is 6. The average Bonchev–Trinajstić information content (AvgIpc) is 1.78. The minimum atomic E-state index is -5.20. The van der Waals surface area contributed by atoms with Gasteiger partial charge in [0, 0.05) is 0 Å². The van der Waals surface area contributed by atoms with E-state index in [1.807, 2.05) is 0 Å². The molecule has 0 radical (unpaired) electrons. The van der Waals surface area contributed by atoms with E-state index in [1.54, 1.807) is 0 Å². The van der Waals surface area contributed by atoms with E-state index < -0.39 is 30.1 Å². The van der Waals surface area contributed by atoms with Gasteiger partial charge in [0.05, 0.1) is 0 Å². The molecule has 0 rings (SSSR count). The Kier molecular flexibility index (Phi) is 5.00. The Labute approximate surface area is 80.4 Å². The third-order valence-electron chi connectivity index (χ3n) is 0.931. The molecule has 0 aromatic heterocycles. The fourth-order valence-electron chi connectivity index (χ4n) is 0.447. The van der Waals surface area contributed by atoms with Crippen molar-refractivity contribution in [3.8, 4) is 0 Å². The molecule has 9 nitrogen and oxygen atoms in total. The molecule has 12 heteroatoms. The molecule has 1 unspecified atom stereocenters. The molecule has 0 aromatic carbocycles. The van der Waals surface area contributed by atoms with Crippen LogP contribution in [-0.4, -0.2) is 35.5 Å². The maximum atomic E-state index is 10.8. The molecule has 90 valence electrons. The minimum absolute atomic E-state index is 0.428. The first-order valence-corrected chi connectivity index (χ1v) is 8.54. The Balaban J connectivity index is 4.43. The van der Waals surface area contributed by atoms with Gasteiger partial charge >= 0.3 is 79.6 Å². The summed E-state index contributed by atoms with van der Waals surface area (Å²) in [7, 11) is -14.7. The molecule has 0 bridgehead atoms. The zero-order chi connectivity index (χ0) is 11.6. The van der Waals surface area contributed by atoms with Crippen LogP contribution in [0.1, 0.15) is 6.92 Å². The van der Waals surface area contributed by atoms with Crippen LogP contribution in [0.5, 0.6) is 0 Å². The fourth-order valence-corrected chi connectivity index (χ4v) is 4.36. The van der Waals surface area contributed by atoms with Gasteiger partial charge in [-0.2, -0.15) is 0 Å². The SMILES string of the molecule is CCP(=O)(O)O[PH](O)(O)O[PH](O)(O)O. The third kappa shape index (κ3) is 7.11. The summed E-state index contributed by atoms with van der Waals surface area (Å²) in [5.41, 5.74) is 0. The van der Waals surface area contributed by atoms with Crippen LogP contribution in [0, 0.1) is 0 Å². The van der Waals surface area contributed by atoms with Gasteiger partial charge in [-0.1, -0.05) is 0 Å². The van der Waals surface area contributed by atoms with Crippen molar-refractivity contribution in [1.29, 1.82) is 0 Å². The topological polar surface area (TPSA) is 157 Å². The van der Waals surface area contributed by atoms with Crippen molar-refractivity contribution < 1.29 is 42.5 Å². The summed E-state index contributed by atoms with van der Waals surface area (Å²) < 4.78 is 18.2. The van der Waals surface area contributed by atoms with Gasteiger partial charge in [0.25, 0.3) is 0 Å². The van der Waals surface area contributed by atoms with Crippen molar-refractivity contribution >= 4 is 23.9 Å². The van der Waals surface area contributed by atoms with Crippen LogP contribution in [0.2, 0.25) is 0 Å². The third-order valence-corrected chi connectivity index (χ3v) is 5.98. The molecule has 0 aliphatic heterocycles. The molecule has 0 aromatic rings. The van der Waals surface area contributed by atoms with E-state index >= 15 is 0 Å². The molecule has 0 saturated heterocycles. The van der Waals surface area contributed by atoms with Crippen LogP contribution in [0.25, 0.3) is 0 Å². The van der Waals surface area contributed by atoms with Crippen molar-refractivity contribution in [2.45, 2.75) is 6.92 Å². The second-order valence-corrected chi connectivity index (χ2v) is 7.97. The first-order chi connectivity index (χ1) is 5.97. The monoisotopic (exact) mass is 274 g/mol. The summed E-state index contributed by atoms with van der Waals surface area (Å²) in [6.07, 6.45) is -0.428. The van der Waals surface area contributed by atoms with Crippen LogP contribution in [0.15, 0.2) is 0 Å². The average molecular weight is 274 g/mol. The molecule has 0 spiro atoms. The van der Waals surface area contributed by atoms with E-state index in [2.05, 4.69) is 8.62 Å². The van der Waals surface area contributed by atoms with Gasteiger partial charge in [0.1, 0.15) is 0 Å². The molecule has 6 N–H and O–H groups in total. The molecule has 14 heavy (non-hydrogen) atoms. The van der Waals surface area contributed by atoms with Gasteiger partial charge in [0.2, 0.25) is 0 Å². The second kappa shape index (κ2) is 4.74. The fraction of sp³-hybridized carbons (Fsp3) is 1.00. The van der Waals surface area contributed by atoms with Crippen molar-refractivity contribution in [3.05, 3.63) is 0 Å². The van der Waals surface area contributed by atoms with Crippen molar-refractivity contribution in [2.24, 2.45) is 0 Å². The molecule has 0 aliphatic rings. The number of rotatable bonds is 5. The molecule has 0 amide bonds. The predicted octanol–water partition coefficient (Wildman–Crippen LogP) is -0.994. The summed E-state index contributed by atoms with van der Waals surface area (Å²) in [6.45, 7) is 1.23. The van der Waals surface area contributed by atoms with Crippen molar-refractivity contribution in [2.75, 3.05) is 6.16 Å². The van der Waals surface area contributed by atoms with Gasteiger partial charge < -0.3 is 0 Å². The van der Waals surface area contributed by atoms with Crippen LogP contribution in [0.3, 0.4) is 0 Å². The van der Waals surface area contributed by atoms with E-state index in [4.69, 9.17) is 29.4 Å². The molecule has 0 aliphatic carbocycles. The van der Waals surface area contributed by atoms with E-state index in [-0.39, 0.29) is 0 Å². The molecule has 0 fully saturated rings. The second-order valence-electron chi connectivity index (χ2n) is 2.27. The zero-order valence-corrected chi connectivity index (χ0v) is 9.96. The summed E-state index contributed by atoms with van der Waals surface area (Å²) in [5.74, 6) is 0. The quantitative estimate of drug-likeness (QED) is 0.346. The first-order valence-electron chi connectivity index (χ1n) is 3.32. The van der Waals surface area contributed by atoms with E-state index in [9.17, 15) is 4.57 Å². The van der Waals surface area contributed by atoms with Gasteiger partial charge in [-0.15, -0.1) is 0 Å². The van der Waals surface area contributed by atoms with Gasteiger partial charge in [-0.25, -0.2) is 0 Å². The zero-order valence-electron chi connectivity index (χ0n) is 7.06. The molecular weight excluding hydrogens is 261 g/mol. The summed E-state index contributed by atoms with van der Waals surface area (Å²) in [5, 5.41) is 0. The Morgan fingerprint density at radius 2 is 1.64 bits per heavy atom. The Bertz CT molecular complexity index is 231. The predicted molar refractivity (Wildman–Crippen MR) is 50.3 cm³/mol. The van der Waals surface area contributed by atoms with Crippen molar-refractivity contribution in [1.82, 2.24) is 0 Å².